The minimum Gasteiger partial charge on any atom is -0.475 e. The predicted molar refractivity (Wildman–Crippen MR) is 58.3 cm³/mol. The van der Waals surface area contributed by atoms with Crippen LogP contribution >= 0.6 is 0 Å². The number of nitrogens with two attached hydrogens (primary N) is 1. The SMILES string of the molecule is NC(=O)C1CCCN1Cc1ccc(C(=O)O)o1. The highest BCUT2D eigenvalue weighted by molar-refractivity contribution is 5.84. The van der Waals surface area contributed by atoms with Crippen molar-refractivity contribution in [3.8, 4) is 0 Å². The molecule has 17 heavy (non-hydrogen) atoms. The monoisotopic (exact) mass is 238 g/mol. The molecule has 1 aromatic rings. The van der Waals surface area contributed by atoms with Crippen molar-refractivity contribution in [1.29, 1.82) is 0 Å². The molecule has 0 aliphatic carbocycles. The quantitative estimate of drug-likeness (QED) is 0.792. The molecule has 1 saturated heterocycles. The Kier molecular flexibility index (Phi) is 3.14. The molecule has 1 aliphatic rings. The molecule has 1 atom stereocenters. The Morgan fingerprint density at radius 1 is 1.53 bits per heavy atom. The molecule has 3 N–H and O–H groups in total. The van der Waals surface area contributed by atoms with Crippen molar-refractivity contribution in [3.63, 3.8) is 0 Å². The van der Waals surface area contributed by atoms with Crippen molar-refractivity contribution < 1.29 is 19.1 Å². The average Bonchev–Trinajstić information content (AvgIpc) is 2.86. The van der Waals surface area contributed by atoms with Crippen LogP contribution < -0.4 is 5.73 Å². The van der Waals surface area contributed by atoms with Crippen LogP contribution in [0.2, 0.25) is 0 Å². The molecule has 2 rings (SSSR count). The first kappa shape index (κ1) is 11.7. The number of hydrogen-bond donors (Lipinski definition) is 2. The molecular weight excluding hydrogens is 224 g/mol. The van der Waals surface area contributed by atoms with Crippen LogP contribution in [0.5, 0.6) is 0 Å². The van der Waals surface area contributed by atoms with Gasteiger partial charge in [-0.3, -0.25) is 9.69 Å². The Balaban J connectivity index is 2.04. The average molecular weight is 238 g/mol. The molecule has 0 radical (unpaired) electrons. The van der Waals surface area contributed by atoms with E-state index in [0.29, 0.717) is 12.3 Å². The molecule has 0 bridgehead atoms. The van der Waals surface area contributed by atoms with Crippen molar-refractivity contribution in [2.24, 2.45) is 5.73 Å². The molecule has 1 amide bonds. The zero-order valence-electron chi connectivity index (χ0n) is 9.26. The van der Waals surface area contributed by atoms with Crippen LogP contribution in [0, 0.1) is 0 Å². The lowest BCUT2D eigenvalue weighted by Crippen LogP contribution is -2.39. The first-order valence-corrected chi connectivity index (χ1v) is 5.43. The molecule has 6 heteroatoms. The summed E-state index contributed by atoms with van der Waals surface area (Å²) in [5.74, 6) is -0.984. The van der Waals surface area contributed by atoms with Gasteiger partial charge in [0, 0.05) is 0 Å². The fourth-order valence-corrected chi connectivity index (χ4v) is 2.12. The standard InChI is InChI=1S/C11H14N2O4/c12-10(14)8-2-1-5-13(8)6-7-3-4-9(17-7)11(15)16/h3-4,8H,1-2,5-6H2,(H2,12,14)(H,15,16). The van der Waals surface area contributed by atoms with Crippen molar-refractivity contribution in [3.05, 3.63) is 23.7 Å². The second kappa shape index (κ2) is 4.58. The zero-order valence-corrected chi connectivity index (χ0v) is 9.26. The topological polar surface area (TPSA) is 96.8 Å². The van der Waals surface area contributed by atoms with E-state index in [-0.39, 0.29) is 17.7 Å². The summed E-state index contributed by atoms with van der Waals surface area (Å²) in [7, 11) is 0. The molecule has 2 heterocycles. The number of nitrogens with zero attached hydrogens (tertiary/aromatic N) is 1. The third kappa shape index (κ3) is 2.47. The molecule has 92 valence electrons. The van der Waals surface area contributed by atoms with E-state index >= 15 is 0 Å². The molecule has 1 fully saturated rings. The number of hydrogen-bond acceptors (Lipinski definition) is 4. The third-order valence-corrected chi connectivity index (χ3v) is 2.92. The number of furan rings is 1. The molecule has 1 aromatic heterocycles. The number of carboxylic acid groups (broad SMARTS) is 1. The first-order valence-electron chi connectivity index (χ1n) is 5.43. The van der Waals surface area contributed by atoms with E-state index in [1.807, 2.05) is 4.90 Å². The minimum atomic E-state index is -1.09. The summed E-state index contributed by atoms with van der Waals surface area (Å²) < 4.78 is 5.14. The van der Waals surface area contributed by atoms with Gasteiger partial charge < -0.3 is 15.3 Å². The maximum atomic E-state index is 11.2. The number of aromatic carboxylic acids is 1. The van der Waals surface area contributed by atoms with Crippen molar-refractivity contribution >= 4 is 11.9 Å². The highest BCUT2D eigenvalue weighted by Gasteiger charge is 2.29. The fraction of sp³-hybridized carbons (Fsp3) is 0.455. The number of carbonyl (C=O) groups excluding carboxylic acids is 1. The van der Waals surface area contributed by atoms with Crippen LogP contribution in [0.3, 0.4) is 0 Å². The summed E-state index contributed by atoms with van der Waals surface area (Å²) in [6.07, 6.45) is 1.67. The van der Waals surface area contributed by atoms with Crippen molar-refractivity contribution in [2.45, 2.75) is 25.4 Å². The molecule has 0 aromatic carbocycles. The summed E-state index contributed by atoms with van der Waals surface area (Å²) in [6, 6.07) is 2.75. The molecule has 6 nitrogen and oxygen atoms in total. The van der Waals surface area contributed by atoms with Gasteiger partial charge in [0.1, 0.15) is 5.76 Å². The van der Waals surface area contributed by atoms with E-state index in [2.05, 4.69) is 0 Å². The summed E-state index contributed by atoms with van der Waals surface area (Å²) in [4.78, 5) is 23.7. The third-order valence-electron chi connectivity index (χ3n) is 2.92. The van der Waals surface area contributed by atoms with Crippen molar-refractivity contribution in [1.82, 2.24) is 4.90 Å². The maximum Gasteiger partial charge on any atom is 0.371 e. The van der Waals surface area contributed by atoms with Crippen LogP contribution in [-0.2, 0) is 11.3 Å². The fourth-order valence-electron chi connectivity index (χ4n) is 2.12. The maximum absolute atomic E-state index is 11.2. The Morgan fingerprint density at radius 2 is 2.29 bits per heavy atom. The van der Waals surface area contributed by atoms with Crippen molar-refractivity contribution in [2.75, 3.05) is 6.54 Å². The highest BCUT2D eigenvalue weighted by atomic mass is 16.4. The Labute approximate surface area is 98.0 Å². The number of carboxylic acids is 1. The molecule has 0 saturated carbocycles. The van der Waals surface area contributed by atoms with Crippen LogP contribution in [0.1, 0.15) is 29.2 Å². The van der Waals surface area contributed by atoms with E-state index in [0.717, 1.165) is 19.4 Å². The number of rotatable bonds is 4. The number of primary amides is 1. The molecular formula is C11H14N2O4. The lowest BCUT2D eigenvalue weighted by atomic mass is 10.2. The van der Waals surface area contributed by atoms with Crippen LogP contribution in [0.4, 0.5) is 0 Å². The lowest BCUT2D eigenvalue weighted by molar-refractivity contribution is -0.122. The van der Waals surface area contributed by atoms with Gasteiger partial charge in [-0.2, -0.15) is 0 Å². The lowest BCUT2D eigenvalue weighted by Gasteiger charge is -2.20. The second-order valence-electron chi connectivity index (χ2n) is 4.10. The first-order chi connectivity index (χ1) is 8.08. The summed E-state index contributed by atoms with van der Waals surface area (Å²) >= 11 is 0. The van der Waals surface area contributed by atoms with Gasteiger partial charge in [0.05, 0.1) is 12.6 Å². The highest BCUT2D eigenvalue weighted by Crippen LogP contribution is 2.20. The number of likely N-dealkylation sites (tertiary alicyclic amines) is 1. The number of carbonyl (C=O) groups is 2. The van der Waals surface area contributed by atoms with Crippen LogP contribution in [0.25, 0.3) is 0 Å². The van der Waals surface area contributed by atoms with Gasteiger partial charge in [0.25, 0.3) is 0 Å². The Morgan fingerprint density at radius 3 is 2.88 bits per heavy atom. The van der Waals surface area contributed by atoms with E-state index in [1.54, 1.807) is 6.07 Å². The summed E-state index contributed by atoms with van der Waals surface area (Å²) in [6.45, 7) is 1.19. The zero-order chi connectivity index (χ0) is 12.4. The summed E-state index contributed by atoms with van der Waals surface area (Å²) in [5.41, 5.74) is 5.29. The molecule has 0 spiro atoms. The van der Waals surface area contributed by atoms with E-state index in [4.69, 9.17) is 15.3 Å². The van der Waals surface area contributed by atoms with Gasteiger partial charge >= 0.3 is 5.97 Å². The largest absolute Gasteiger partial charge is 0.475 e. The van der Waals surface area contributed by atoms with Crippen LogP contribution in [-0.4, -0.2) is 34.5 Å². The Bertz CT molecular complexity index is 440. The molecule has 1 unspecified atom stereocenters. The van der Waals surface area contributed by atoms with Gasteiger partial charge in [-0.15, -0.1) is 0 Å². The molecule has 1 aliphatic heterocycles. The van der Waals surface area contributed by atoms with Gasteiger partial charge in [0.15, 0.2) is 0 Å². The second-order valence-corrected chi connectivity index (χ2v) is 4.10. The Hall–Kier alpha value is -1.82. The smallest absolute Gasteiger partial charge is 0.371 e. The predicted octanol–water partition coefficient (Wildman–Crippen LogP) is 0.427. The van der Waals surface area contributed by atoms with Gasteiger partial charge in [-0.05, 0) is 31.5 Å². The minimum absolute atomic E-state index is 0.0881. The summed E-state index contributed by atoms with van der Waals surface area (Å²) in [5, 5.41) is 8.72. The normalized spacial score (nSPS) is 20.6. The van der Waals surface area contributed by atoms with Gasteiger partial charge in [-0.1, -0.05) is 0 Å². The van der Waals surface area contributed by atoms with Crippen LogP contribution in [0.15, 0.2) is 16.5 Å². The van der Waals surface area contributed by atoms with E-state index < -0.39 is 5.97 Å². The van der Waals surface area contributed by atoms with Gasteiger partial charge in [-0.25, -0.2) is 4.79 Å². The van der Waals surface area contributed by atoms with Gasteiger partial charge in [0.2, 0.25) is 11.7 Å². The van der Waals surface area contributed by atoms with E-state index in [1.165, 1.54) is 6.07 Å². The van der Waals surface area contributed by atoms with E-state index in [9.17, 15) is 9.59 Å². The number of amides is 1.